The van der Waals surface area contributed by atoms with Crippen molar-refractivity contribution >= 4 is 31.9 Å². The minimum absolute atomic E-state index is 0.0255. The molecule has 0 aromatic carbocycles. The van der Waals surface area contributed by atoms with Gasteiger partial charge in [-0.3, -0.25) is 9.59 Å². The first-order chi connectivity index (χ1) is 7.89. The van der Waals surface area contributed by atoms with E-state index < -0.39 is 26.0 Å². The first-order valence-electron chi connectivity index (χ1n) is 4.83. The number of sulfonamides is 2. The highest BCUT2D eigenvalue weighted by molar-refractivity contribution is 7.90. The predicted molar refractivity (Wildman–Crippen MR) is 64.5 cm³/mol. The van der Waals surface area contributed by atoms with Gasteiger partial charge in [0.1, 0.15) is 0 Å². The summed E-state index contributed by atoms with van der Waals surface area (Å²) in [4.78, 5) is 20.9. The van der Waals surface area contributed by atoms with Gasteiger partial charge in [-0.1, -0.05) is 0 Å². The van der Waals surface area contributed by atoms with Crippen LogP contribution >= 0.6 is 0 Å². The highest BCUT2D eigenvalue weighted by Crippen LogP contribution is 2.10. The van der Waals surface area contributed by atoms with Crippen LogP contribution in [0.5, 0.6) is 0 Å². The van der Waals surface area contributed by atoms with E-state index in [1.807, 2.05) is 0 Å². The van der Waals surface area contributed by atoms with Gasteiger partial charge >= 0.3 is 0 Å². The Balaban J connectivity index is 0.000000321. The molecule has 1 fully saturated rings. The minimum atomic E-state index is -3.32. The average Bonchev–Trinajstić information content (AvgIpc) is 2.44. The molecule has 0 aromatic heterocycles. The van der Waals surface area contributed by atoms with E-state index >= 15 is 0 Å². The SMILES string of the molecule is CC(=O)N(C)S(C)(=O)=O.CN1C(=O)CCS1(=O)=O. The van der Waals surface area contributed by atoms with Gasteiger partial charge in [0.15, 0.2) is 0 Å². The van der Waals surface area contributed by atoms with E-state index in [0.29, 0.717) is 4.31 Å². The topological polar surface area (TPSA) is 109 Å². The molecule has 2 amide bonds. The van der Waals surface area contributed by atoms with E-state index in [9.17, 15) is 26.4 Å². The Labute approximate surface area is 107 Å². The normalized spacial score (nSPS) is 18.0. The van der Waals surface area contributed by atoms with Crippen LogP contribution in [0.1, 0.15) is 13.3 Å². The number of hydrogen-bond acceptors (Lipinski definition) is 6. The monoisotopic (exact) mass is 300 g/mol. The van der Waals surface area contributed by atoms with Crippen LogP contribution in [-0.2, 0) is 29.6 Å². The molecule has 1 saturated heterocycles. The summed E-state index contributed by atoms with van der Waals surface area (Å²) >= 11 is 0. The molecule has 106 valence electrons. The number of nitrogens with zero attached hydrogens (tertiary/aromatic N) is 2. The minimum Gasteiger partial charge on any atom is -0.274 e. The molecule has 1 aliphatic heterocycles. The van der Waals surface area contributed by atoms with E-state index in [-0.39, 0.29) is 18.1 Å². The summed E-state index contributed by atoms with van der Waals surface area (Å²) in [7, 11) is -4.01. The third-order valence-corrected chi connectivity index (χ3v) is 5.29. The van der Waals surface area contributed by atoms with E-state index in [0.717, 1.165) is 10.6 Å². The maximum Gasteiger partial charge on any atom is 0.237 e. The Morgan fingerprint density at radius 2 is 1.83 bits per heavy atom. The lowest BCUT2D eigenvalue weighted by molar-refractivity contribution is -0.124. The van der Waals surface area contributed by atoms with Crippen molar-refractivity contribution in [3.8, 4) is 0 Å². The van der Waals surface area contributed by atoms with Crippen molar-refractivity contribution in [2.45, 2.75) is 13.3 Å². The molecular weight excluding hydrogens is 284 g/mol. The van der Waals surface area contributed by atoms with Crippen molar-refractivity contribution < 1.29 is 26.4 Å². The molecule has 0 bridgehead atoms. The molecule has 0 aliphatic carbocycles. The zero-order valence-corrected chi connectivity index (χ0v) is 12.2. The number of rotatable bonds is 1. The van der Waals surface area contributed by atoms with E-state index in [2.05, 4.69) is 0 Å². The summed E-state index contributed by atoms with van der Waals surface area (Å²) in [5.41, 5.74) is 0. The highest BCUT2D eigenvalue weighted by atomic mass is 32.2. The van der Waals surface area contributed by atoms with Crippen LogP contribution in [0.25, 0.3) is 0 Å². The zero-order valence-electron chi connectivity index (χ0n) is 10.6. The fourth-order valence-electron chi connectivity index (χ4n) is 0.899. The van der Waals surface area contributed by atoms with Crippen LogP contribution in [-0.4, -0.2) is 63.4 Å². The molecule has 0 radical (unpaired) electrons. The molecule has 1 heterocycles. The number of carbonyl (C=O) groups excluding carboxylic acids is 2. The third kappa shape index (κ3) is 4.61. The Kier molecular flexibility index (Phi) is 5.29. The Bertz CT molecular complexity index is 536. The fourth-order valence-corrected chi connectivity index (χ4v) is 2.47. The van der Waals surface area contributed by atoms with Crippen molar-refractivity contribution in [3.05, 3.63) is 0 Å². The van der Waals surface area contributed by atoms with Crippen molar-refractivity contribution in [1.82, 2.24) is 8.61 Å². The molecule has 0 unspecified atom stereocenters. The number of amides is 2. The standard InChI is InChI=1S/C4H7NO3S.C4H9NO3S/c1-5-4(6)2-3-9(5,7)8;1-4(6)5(2)9(3,7)8/h2-3H2,1H3;1-3H3. The summed E-state index contributed by atoms with van der Waals surface area (Å²) in [6, 6.07) is 0. The van der Waals surface area contributed by atoms with Crippen molar-refractivity contribution in [2.24, 2.45) is 0 Å². The zero-order chi connectivity index (χ0) is 14.7. The van der Waals surface area contributed by atoms with Crippen LogP contribution in [0.2, 0.25) is 0 Å². The second-order valence-electron chi connectivity index (χ2n) is 3.68. The summed E-state index contributed by atoms with van der Waals surface area (Å²) in [6.07, 6.45) is 1.12. The molecular formula is C8H16N2O6S2. The van der Waals surface area contributed by atoms with Crippen LogP contribution in [0.3, 0.4) is 0 Å². The van der Waals surface area contributed by atoms with Gasteiger partial charge in [-0.25, -0.2) is 25.4 Å². The summed E-state index contributed by atoms with van der Waals surface area (Å²) in [5, 5.41) is 0. The van der Waals surface area contributed by atoms with Gasteiger partial charge < -0.3 is 0 Å². The fraction of sp³-hybridized carbons (Fsp3) is 0.750. The lowest BCUT2D eigenvalue weighted by Gasteiger charge is -2.09. The largest absolute Gasteiger partial charge is 0.274 e. The van der Waals surface area contributed by atoms with Crippen LogP contribution < -0.4 is 0 Å². The van der Waals surface area contributed by atoms with E-state index in [4.69, 9.17) is 0 Å². The molecule has 18 heavy (non-hydrogen) atoms. The van der Waals surface area contributed by atoms with Gasteiger partial charge in [-0.15, -0.1) is 0 Å². The lowest BCUT2D eigenvalue weighted by Crippen LogP contribution is -2.29. The third-order valence-electron chi connectivity index (χ3n) is 2.28. The van der Waals surface area contributed by atoms with E-state index in [1.54, 1.807) is 0 Å². The summed E-state index contributed by atoms with van der Waals surface area (Å²) in [5.74, 6) is -0.810. The molecule has 1 aliphatic rings. The molecule has 0 aromatic rings. The lowest BCUT2D eigenvalue weighted by atomic mass is 10.5. The maximum atomic E-state index is 10.7. The second-order valence-corrected chi connectivity index (χ2v) is 7.81. The molecule has 0 spiro atoms. The molecule has 8 nitrogen and oxygen atoms in total. The van der Waals surface area contributed by atoms with Crippen molar-refractivity contribution in [3.63, 3.8) is 0 Å². The van der Waals surface area contributed by atoms with Crippen molar-refractivity contribution in [2.75, 3.05) is 26.1 Å². The van der Waals surface area contributed by atoms with Crippen LogP contribution in [0.15, 0.2) is 0 Å². The Hall–Kier alpha value is -1.16. The number of carbonyl (C=O) groups is 2. The number of hydrogen-bond donors (Lipinski definition) is 0. The summed E-state index contributed by atoms with van der Waals surface area (Å²) in [6.45, 7) is 1.20. The van der Waals surface area contributed by atoms with Gasteiger partial charge in [0, 0.05) is 27.4 Å². The van der Waals surface area contributed by atoms with Crippen molar-refractivity contribution in [1.29, 1.82) is 0 Å². The van der Waals surface area contributed by atoms with Gasteiger partial charge in [0.05, 0.1) is 12.0 Å². The first kappa shape index (κ1) is 16.8. The quantitative estimate of drug-likeness (QED) is 0.589. The van der Waals surface area contributed by atoms with Crippen LogP contribution in [0.4, 0.5) is 0 Å². The van der Waals surface area contributed by atoms with Crippen LogP contribution in [0, 0.1) is 0 Å². The first-order valence-corrected chi connectivity index (χ1v) is 8.29. The maximum absolute atomic E-state index is 10.7. The Morgan fingerprint density at radius 1 is 1.39 bits per heavy atom. The van der Waals surface area contributed by atoms with Gasteiger partial charge in [-0.2, -0.15) is 0 Å². The molecule has 0 saturated carbocycles. The summed E-state index contributed by atoms with van der Waals surface area (Å²) < 4.78 is 43.8. The second kappa shape index (κ2) is 5.65. The smallest absolute Gasteiger partial charge is 0.237 e. The highest BCUT2D eigenvalue weighted by Gasteiger charge is 2.30. The van der Waals surface area contributed by atoms with Gasteiger partial charge in [0.2, 0.25) is 31.9 Å². The van der Waals surface area contributed by atoms with Gasteiger partial charge in [-0.05, 0) is 0 Å². The van der Waals surface area contributed by atoms with E-state index in [1.165, 1.54) is 21.0 Å². The average molecular weight is 300 g/mol. The van der Waals surface area contributed by atoms with Gasteiger partial charge in [0.25, 0.3) is 0 Å². The molecule has 0 N–H and O–H groups in total. The predicted octanol–water partition coefficient (Wildman–Crippen LogP) is -1.40. The Morgan fingerprint density at radius 3 is 1.89 bits per heavy atom. The molecule has 0 atom stereocenters. The molecule has 10 heteroatoms. The molecule has 1 rings (SSSR count).